The highest BCUT2D eigenvalue weighted by molar-refractivity contribution is 9.10. The van der Waals surface area contributed by atoms with Gasteiger partial charge in [0.05, 0.1) is 11.0 Å². The summed E-state index contributed by atoms with van der Waals surface area (Å²) in [5.74, 6) is 1.22. The van der Waals surface area contributed by atoms with Gasteiger partial charge < -0.3 is 9.47 Å². The number of imidazole rings is 1. The van der Waals surface area contributed by atoms with E-state index in [0.29, 0.717) is 0 Å². The van der Waals surface area contributed by atoms with Crippen molar-refractivity contribution in [1.29, 1.82) is 0 Å². The van der Waals surface area contributed by atoms with Gasteiger partial charge in [-0.1, -0.05) is 15.9 Å². The lowest BCUT2D eigenvalue weighted by Gasteiger charge is -2.11. The lowest BCUT2D eigenvalue weighted by molar-refractivity contribution is 0.342. The van der Waals surface area contributed by atoms with E-state index in [0.717, 1.165) is 36.0 Å². The van der Waals surface area contributed by atoms with E-state index in [2.05, 4.69) is 50.6 Å². The Balaban J connectivity index is 2.15. The molecule has 1 aromatic carbocycles. The topological polar surface area (TPSA) is 21.1 Å². The van der Waals surface area contributed by atoms with Gasteiger partial charge in [-0.3, -0.25) is 0 Å². The molecule has 0 aliphatic carbocycles. The van der Waals surface area contributed by atoms with Crippen LogP contribution in [0.5, 0.6) is 0 Å². The number of nitrogens with zero attached hydrogens (tertiary/aromatic N) is 3. The summed E-state index contributed by atoms with van der Waals surface area (Å²) in [6, 6.07) is 6.34. The predicted octanol–water partition coefficient (Wildman–Crippen LogP) is 2.29. The Hall–Kier alpha value is -0.870. The standard InChI is InChI=1S/C12H14BrN3/c1-15-5-4-12-14-10-8-9(13)2-3-11(10)16(12)7-6-15/h2-3,8H,4-7H2,1H3. The fraction of sp³-hybridized carbons (Fsp3) is 0.417. The second kappa shape index (κ2) is 3.86. The van der Waals surface area contributed by atoms with E-state index < -0.39 is 0 Å². The molecule has 0 unspecified atom stereocenters. The smallest absolute Gasteiger partial charge is 0.111 e. The highest BCUT2D eigenvalue weighted by Gasteiger charge is 2.15. The normalized spacial score (nSPS) is 17.4. The highest BCUT2D eigenvalue weighted by atomic mass is 79.9. The van der Waals surface area contributed by atoms with Crippen LogP contribution in [0.3, 0.4) is 0 Å². The molecule has 1 aromatic heterocycles. The van der Waals surface area contributed by atoms with Crippen molar-refractivity contribution >= 4 is 27.0 Å². The Morgan fingerprint density at radius 1 is 1.25 bits per heavy atom. The summed E-state index contributed by atoms with van der Waals surface area (Å²) in [6.45, 7) is 3.25. The first-order valence-corrected chi connectivity index (χ1v) is 6.36. The van der Waals surface area contributed by atoms with Crippen LogP contribution in [0.25, 0.3) is 11.0 Å². The Bertz CT molecular complexity index is 532. The zero-order chi connectivity index (χ0) is 11.1. The number of aromatic nitrogens is 2. The molecule has 1 aliphatic heterocycles. The number of hydrogen-bond acceptors (Lipinski definition) is 2. The lowest BCUT2D eigenvalue weighted by Crippen LogP contribution is -2.21. The van der Waals surface area contributed by atoms with E-state index in [1.807, 2.05) is 0 Å². The summed E-state index contributed by atoms with van der Waals surface area (Å²) in [5.41, 5.74) is 2.36. The van der Waals surface area contributed by atoms with Crippen LogP contribution in [0.4, 0.5) is 0 Å². The minimum Gasteiger partial charge on any atom is -0.327 e. The van der Waals surface area contributed by atoms with E-state index in [1.165, 1.54) is 11.3 Å². The maximum Gasteiger partial charge on any atom is 0.111 e. The highest BCUT2D eigenvalue weighted by Crippen LogP contribution is 2.22. The zero-order valence-electron chi connectivity index (χ0n) is 9.28. The Morgan fingerprint density at radius 2 is 2.12 bits per heavy atom. The van der Waals surface area contributed by atoms with Gasteiger partial charge in [-0.25, -0.2) is 4.98 Å². The van der Waals surface area contributed by atoms with Crippen LogP contribution in [0.2, 0.25) is 0 Å². The Kier molecular flexibility index (Phi) is 2.48. The SMILES string of the molecule is CN1CCc2nc3cc(Br)ccc3n2CC1. The minimum atomic E-state index is 1.04. The molecule has 3 nitrogen and oxygen atoms in total. The maximum atomic E-state index is 4.71. The quantitative estimate of drug-likeness (QED) is 0.738. The number of likely N-dealkylation sites (N-methyl/N-ethyl adjacent to an activating group) is 1. The van der Waals surface area contributed by atoms with Crippen molar-refractivity contribution in [3.63, 3.8) is 0 Å². The lowest BCUT2D eigenvalue weighted by atomic mass is 10.3. The van der Waals surface area contributed by atoms with Crippen LogP contribution < -0.4 is 0 Å². The van der Waals surface area contributed by atoms with Crippen molar-refractivity contribution in [2.45, 2.75) is 13.0 Å². The molecule has 1 aliphatic rings. The van der Waals surface area contributed by atoms with Crippen molar-refractivity contribution in [1.82, 2.24) is 14.5 Å². The molecule has 0 fully saturated rings. The summed E-state index contributed by atoms with van der Waals surface area (Å²) in [4.78, 5) is 7.08. The van der Waals surface area contributed by atoms with Gasteiger partial charge in [-0.05, 0) is 25.2 Å². The summed E-state index contributed by atoms with van der Waals surface area (Å²) in [6.07, 6.45) is 1.04. The van der Waals surface area contributed by atoms with Crippen molar-refractivity contribution in [3.05, 3.63) is 28.5 Å². The molecule has 3 rings (SSSR count). The third-order valence-corrected chi connectivity index (χ3v) is 3.71. The van der Waals surface area contributed by atoms with Crippen LogP contribution >= 0.6 is 15.9 Å². The molecule has 0 saturated heterocycles. The first-order valence-electron chi connectivity index (χ1n) is 5.57. The average molecular weight is 280 g/mol. The van der Waals surface area contributed by atoms with Crippen LogP contribution in [-0.2, 0) is 13.0 Å². The van der Waals surface area contributed by atoms with E-state index in [1.54, 1.807) is 0 Å². The number of benzene rings is 1. The average Bonchev–Trinajstić information content (AvgIpc) is 2.50. The van der Waals surface area contributed by atoms with Crippen molar-refractivity contribution in [2.24, 2.45) is 0 Å². The fourth-order valence-electron chi connectivity index (χ4n) is 2.27. The zero-order valence-corrected chi connectivity index (χ0v) is 10.9. The van der Waals surface area contributed by atoms with E-state index in [4.69, 9.17) is 4.98 Å². The summed E-state index contributed by atoms with van der Waals surface area (Å²) >= 11 is 3.49. The van der Waals surface area contributed by atoms with E-state index in [-0.39, 0.29) is 0 Å². The minimum absolute atomic E-state index is 1.04. The summed E-state index contributed by atoms with van der Waals surface area (Å²) in [7, 11) is 2.17. The first kappa shape index (κ1) is 10.3. The third-order valence-electron chi connectivity index (χ3n) is 3.21. The Morgan fingerprint density at radius 3 is 3.00 bits per heavy atom. The molecule has 2 heterocycles. The van der Waals surface area contributed by atoms with Crippen molar-refractivity contribution in [3.8, 4) is 0 Å². The number of rotatable bonds is 0. The number of fused-ring (bicyclic) bond motifs is 3. The van der Waals surface area contributed by atoms with Crippen LogP contribution in [0, 0.1) is 0 Å². The monoisotopic (exact) mass is 279 g/mol. The van der Waals surface area contributed by atoms with Crippen LogP contribution in [0.1, 0.15) is 5.82 Å². The molecule has 0 saturated carbocycles. The van der Waals surface area contributed by atoms with Gasteiger partial charge >= 0.3 is 0 Å². The van der Waals surface area contributed by atoms with E-state index >= 15 is 0 Å². The molecule has 0 N–H and O–H groups in total. The largest absolute Gasteiger partial charge is 0.327 e. The van der Waals surface area contributed by atoms with Crippen molar-refractivity contribution in [2.75, 3.05) is 20.1 Å². The molecular formula is C12H14BrN3. The molecule has 2 aromatic rings. The van der Waals surface area contributed by atoms with Crippen LogP contribution in [0.15, 0.2) is 22.7 Å². The maximum absolute atomic E-state index is 4.71. The molecular weight excluding hydrogens is 266 g/mol. The van der Waals surface area contributed by atoms with Gasteiger partial charge in [0.15, 0.2) is 0 Å². The Labute approximate surface area is 103 Å². The molecule has 0 spiro atoms. The molecule has 0 amide bonds. The molecule has 4 heteroatoms. The number of hydrogen-bond donors (Lipinski definition) is 0. The predicted molar refractivity (Wildman–Crippen MR) is 68.6 cm³/mol. The molecule has 0 radical (unpaired) electrons. The molecule has 0 atom stereocenters. The third kappa shape index (κ3) is 1.66. The summed E-state index contributed by atoms with van der Waals surface area (Å²) < 4.78 is 3.45. The van der Waals surface area contributed by atoms with Gasteiger partial charge in [-0.2, -0.15) is 0 Å². The second-order valence-corrected chi connectivity index (χ2v) is 5.28. The van der Waals surface area contributed by atoms with E-state index in [9.17, 15) is 0 Å². The van der Waals surface area contributed by atoms with Gasteiger partial charge in [0.25, 0.3) is 0 Å². The fourth-order valence-corrected chi connectivity index (χ4v) is 2.62. The van der Waals surface area contributed by atoms with Crippen LogP contribution in [-0.4, -0.2) is 34.6 Å². The molecule has 84 valence electrons. The van der Waals surface area contributed by atoms with Crippen molar-refractivity contribution < 1.29 is 0 Å². The van der Waals surface area contributed by atoms with Gasteiger partial charge in [-0.15, -0.1) is 0 Å². The number of halogens is 1. The first-order chi connectivity index (χ1) is 7.74. The van der Waals surface area contributed by atoms with Gasteiger partial charge in [0, 0.05) is 30.5 Å². The summed E-state index contributed by atoms with van der Waals surface area (Å²) in [5, 5.41) is 0. The molecule has 16 heavy (non-hydrogen) atoms. The van der Waals surface area contributed by atoms with Gasteiger partial charge in [0.2, 0.25) is 0 Å². The second-order valence-electron chi connectivity index (χ2n) is 4.37. The van der Waals surface area contributed by atoms with Gasteiger partial charge in [0.1, 0.15) is 5.82 Å². The molecule has 0 bridgehead atoms.